The molecular weight excluding hydrogens is 546 g/mol. The second-order valence-corrected chi connectivity index (χ2v) is 6.90. The molecule has 0 atom stereocenters. The molecule has 0 aromatic carbocycles. The van der Waals surface area contributed by atoms with Gasteiger partial charge in [0.1, 0.15) is 13.1 Å². The molecule has 2 aromatic rings. The quantitative estimate of drug-likeness (QED) is 0.178. The predicted molar refractivity (Wildman–Crippen MR) is 99.7 cm³/mol. The van der Waals surface area contributed by atoms with Gasteiger partial charge in [-0.2, -0.15) is 0 Å². The van der Waals surface area contributed by atoms with Crippen molar-refractivity contribution in [3.8, 4) is 0 Å². The van der Waals surface area contributed by atoms with Crippen LogP contribution in [0.4, 0.5) is 0 Å². The first-order valence-corrected chi connectivity index (χ1v) is 9.67. The number of halogens is 2. The van der Waals surface area contributed by atoms with E-state index in [0.29, 0.717) is 0 Å². The van der Waals surface area contributed by atoms with E-state index < -0.39 is 0 Å². The summed E-state index contributed by atoms with van der Waals surface area (Å²) in [4.78, 5) is 0. The lowest BCUT2D eigenvalue weighted by molar-refractivity contribution is -0.703. The molecule has 0 aliphatic heterocycles. The van der Waals surface area contributed by atoms with Crippen molar-refractivity contribution in [1.82, 2.24) is 0 Å². The number of aryl methyl sites for hydroxylation is 4. The zero-order chi connectivity index (χ0) is 17.0. The molecule has 26 heavy (non-hydrogen) atoms. The molecule has 0 fully saturated rings. The Morgan fingerprint density at radius 1 is 0.538 bits per heavy atom. The summed E-state index contributed by atoms with van der Waals surface area (Å²) in [6.45, 7) is 6.71. The fourth-order valence-electron chi connectivity index (χ4n) is 3.25. The van der Waals surface area contributed by atoms with E-state index in [4.69, 9.17) is 0 Å². The molecule has 4 heteroatoms. The minimum atomic E-state index is 0. The van der Waals surface area contributed by atoms with Crippen LogP contribution in [0.5, 0.6) is 0 Å². The topological polar surface area (TPSA) is 7.76 Å². The van der Waals surface area contributed by atoms with Gasteiger partial charge in [-0.25, -0.2) is 9.13 Å². The molecule has 0 bridgehead atoms. The first-order chi connectivity index (χ1) is 11.8. The van der Waals surface area contributed by atoms with E-state index in [1.807, 2.05) is 0 Å². The lowest BCUT2D eigenvalue weighted by Gasteiger charge is -2.03. The first kappa shape index (κ1) is 25.8. The Morgan fingerprint density at radius 3 is 1.23 bits per heavy atom. The Morgan fingerprint density at radius 2 is 0.885 bits per heavy atom. The third-order valence-corrected chi connectivity index (χ3v) is 4.88. The summed E-state index contributed by atoms with van der Waals surface area (Å²) in [7, 11) is 0. The van der Waals surface area contributed by atoms with Crippen LogP contribution in [0.15, 0.2) is 48.8 Å². The molecule has 2 nitrogen and oxygen atoms in total. The highest BCUT2D eigenvalue weighted by atomic mass is 127. The lowest BCUT2D eigenvalue weighted by Crippen LogP contribution is -3.00. The maximum Gasteiger partial charge on any atom is 0.178 e. The molecule has 2 aromatic heterocycles. The fourth-order valence-corrected chi connectivity index (χ4v) is 3.25. The molecule has 0 aliphatic carbocycles. The molecule has 0 N–H and O–H groups in total. The molecule has 146 valence electrons. The summed E-state index contributed by atoms with van der Waals surface area (Å²) in [5, 5.41) is 0. The average molecular weight is 580 g/mol. The van der Waals surface area contributed by atoms with E-state index in [-0.39, 0.29) is 48.0 Å². The number of hydrogen-bond acceptors (Lipinski definition) is 0. The van der Waals surface area contributed by atoms with Gasteiger partial charge in [-0.1, -0.05) is 37.8 Å². The molecular formula is C22H34I2N2. The van der Waals surface area contributed by atoms with E-state index in [1.54, 1.807) is 0 Å². The smallest absolute Gasteiger partial charge is 0.178 e. The Balaban J connectivity index is 0.00000312. The molecule has 0 saturated carbocycles. The van der Waals surface area contributed by atoms with Crippen molar-refractivity contribution < 1.29 is 57.1 Å². The second kappa shape index (κ2) is 15.8. The van der Waals surface area contributed by atoms with Crippen molar-refractivity contribution in [1.29, 1.82) is 0 Å². The zero-order valence-corrected chi connectivity index (χ0v) is 20.7. The molecule has 0 amide bonds. The van der Waals surface area contributed by atoms with Crippen molar-refractivity contribution >= 4 is 0 Å². The van der Waals surface area contributed by atoms with Gasteiger partial charge in [-0.3, -0.25) is 0 Å². The summed E-state index contributed by atoms with van der Waals surface area (Å²) in [5.41, 5.74) is 2.73. The number of hydrogen-bond donors (Lipinski definition) is 0. The minimum Gasteiger partial charge on any atom is -1.00 e. The van der Waals surface area contributed by atoms with Crippen LogP contribution in [0.25, 0.3) is 0 Å². The Labute approximate surface area is 194 Å². The highest BCUT2D eigenvalue weighted by Gasteiger charge is 2.04. The van der Waals surface area contributed by atoms with Crippen molar-refractivity contribution in [3.63, 3.8) is 0 Å². The number of rotatable bonds is 11. The maximum absolute atomic E-state index is 2.36. The van der Waals surface area contributed by atoms with Crippen LogP contribution in [-0.2, 0) is 13.1 Å². The highest BCUT2D eigenvalue weighted by molar-refractivity contribution is 4.94. The van der Waals surface area contributed by atoms with Gasteiger partial charge < -0.3 is 48.0 Å². The van der Waals surface area contributed by atoms with Crippen molar-refractivity contribution in [2.45, 2.75) is 78.3 Å². The summed E-state index contributed by atoms with van der Waals surface area (Å²) in [5.74, 6) is 0. The van der Waals surface area contributed by atoms with Gasteiger partial charge in [0.25, 0.3) is 0 Å². The van der Waals surface area contributed by atoms with Crippen LogP contribution in [0.3, 0.4) is 0 Å². The molecule has 0 saturated heterocycles. The van der Waals surface area contributed by atoms with Crippen molar-refractivity contribution in [2.24, 2.45) is 0 Å². The standard InChI is InChI=1S/C22H34N2.2HI/c1-21-15-9-13-19-23(21)17-11-7-5-3-4-6-8-12-18-24-20-14-10-16-22(24)2;;/h9-10,13-16,19-20H,3-8,11-12,17-18H2,1-2H3;2*1H/q+2;;/p-2. The average Bonchev–Trinajstić information content (AvgIpc) is 2.59. The van der Waals surface area contributed by atoms with Gasteiger partial charge in [-0.05, 0) is 12.8 Å². The highest BCUT2D eigenvalue weighted by Crippen LogP contribution is 2.09. The van der Waals surface area contributed by atoms with Gasteiger partial charge in [0, 0.05) is 51.0 Å². The Bertz CT molecular complexity index is 549. The summed E-state index contributed by atoms with van der Waals surface area (Å²) >= 11 is 0. The summed E-state index contributed by atoms with van der Waals surface area (Å²) in [6.07, 6.45) is 15.3. The lowest BCUT2D eigenvalue weighted by atomic mass is 10.1. The van der Waals surface area contributed by atoms with Crippen LogP contribution >= 0.6 is 0 Å². The summed E-state index contributed by atoms with van der Waals surface area (Å²) in [6, 6.07) is 12.9. The monoisotopic (exact) mass is 580 g/mol. The molecule has 0 unspecified atom stereocenters. The largest absolute Gasteiger partial charge is 1.00 e. The van der Waals surface area contributed by atoms with E-state index in [0.717, 1.165) is 0 Å². The molecule has 0 radical (unpaired) electrons. The van der Waals surface area contributed by atoms with E-state index in [9.17, 15) is 0 Å². The van der Waals surface area contributed by atoms with Crippen LogP contribution in [-0.4, -0.2) is 0 Å². The van der Waals surface area contributed by atoms with Gasteiger partial charge in [0.05, 0.1) is 0 Å². The predicted octanol–water partition coefficient (Wildman–Crippen LogP) is -1.29. The van der Waals surface area contributed by atoms with Crippen LogP contribution < -0.4 is 57.1 Å². The van der Waals surface area contributed by atoms with E-state index in [1.165, 1.54) is 75.8 Å². The Kier molecular flexibility index (Phi) is 15.6. The maximum atomic E-state index is 2.36. The van der Waals surface area contributed by atoms with Crippen LogP contribution in [0.1, 0.15) is 62.8 Å². The number of unbranched alkanes of at least 4 members (excludes halogenated alkanes) is 7. The van der Waals surface area contributed by atoms with Gasteiger partial charge >= 0.3 is 0 Å². The normalized spacial score (nSPS) is 10.1. The molecule has 2 heterocycles. The van der Waals surface area contributed by atoms with E-state index >= 15 is 0 Å². The molecule has 0 spiro atoms. The molecule has 0 aliphatic rings. The third-order valence-electron chi connectivity index (χ3n) is 4.88. The van der Waals surface area contributed by atoms with Crippen LogP contribution in [0.2, 0.25) is 0 Å². The van der Waals surface area contributed by atoms with Crippen molar-refractivity contribution in [3.05, 3.63) is 60.2 Å². The van der Waals surface area contributed by atoms with Gasteiger partial charge in [-0.15, -0.1) is 0 Å². The first-order valence-electron chi connectivity index (χ1n) is 9.67. The SMILES string of the molecule is Cc1cccc[n+]1CCCCCCCCCC[n+]1ccccc1C.[I-].[I-]. The Hall–Kier alpha value is -0.240. The fraction of sp³-hybridized carbons (Fsp3) is 0.545. The van der Waals surface area contributed by atoms with Gasteiger partial charge in [0.15, 0.2) is 23.8 Å². The van der Waals surface area contributed by atoms with Crippen LogP contribution in [0, 0.1) is 13.8 Å². The number of nitrogens with zero attached hydrogens (tertiary/aromatic N) is 2. The number of aromatic nitrogens is 2. The van der Waals surface area contributed by atoms with E-state index in [2.05, 4.69) is 71.8 Å². The number of pyridine rings is 2. The summed E-state index contributed by atoms with van der Waals surface area (Å²) < 4.78 is 4.73. The van der Waals surface area contributed by atoms with Crippen molar-refractivity contribution in [2.75, 3.05) is 0 Å². The minimum absolute atomic E-state index is 0. The zero-order valence-electron chi connectivity index (χ0n) is 16.3. The second-order valence-electron chi connectivity index (χ2n) is 6.90. The molecule has 2 rings (SSSR count). The third kappa shape index (κ3) is 10.2. The van der Waals surface area contributed by atoms with Gasteiger partial charge in [0.2, 0.25) is 0 Å².